The Morgan fingerprint density at radius 3 is 2.29 bits per heavy atom. The van der Waals surface area contributed by atoms with E-state index in [2.05, 4.69) is 10.6 Å². The van der Waals surface area contributed by atoms with Gasteiger partial charge in [-0.15, -0.1) is 0 Å². The minimum absolute atomic E-state index is 0.134. The Balaban J connectivity index is 1.98. The zero-order valence-corrected chi connectivity index (χ0v) is 14.3. The molecule has 2 aromatic rings. The normalized spacial score (nSPS) is 11.5. The zero-order valence-electron chi connectivity index (χ0n) is 14.3. The largest absolute Gasteiger partial charge is 0.481 e. The first-order chi connectivity index (χ1) is 11.3. The average molecular weight is 326 g/mol. The van der Waals surface area contributed by atoms with Gasteiger partial charge in [-0.3, -0.25) is 9.59 Å². The van der Waals surface area contributed by atoms with Crippen LogP contribution < -0.4 is 15.4 Å². The van der Waals surface area contributed by atoms with Crippen LogP contribution in [0.4, 0.5) is 11.4 Å². The summed E-state index contributed by atoms with van der Waals surface area (Å²) in [5.74, 6) is 0.215. The van der Waals surface area contributed by atoms with Crippen molar-refractivity contribution in [3.05, 3.63) is 53.6 Å². The standard InChI is InChI=1S/C19H22N2O3/c1-12-5-6-13(2)18(11-12)21-19(23)14(3)24-17-9-7-16(8-10-17)20-15(4)22/h5-11,14H,1-4H3,(H,20,22)(H,21,23)/t14-/m1/s1. The van der Waals surface area contributed by atoms with Crippen molar-refractivity contribution >= 4 is 23.2 Å². The summed E-state index contributed by atoms with van der Waals surface area (Å²) < 4.78 is 5.65. The van der Waals surface area contributed by atoms with E-state index in [1.807, 2.05) is 32.0 Å². The first kappa shape index (κ1) is 17.5. The van der Waals surface area contributed by atoms with Crippen LogP contribution in [0.25, 0.3) is 0 Å². The molecule has 2 amide bonds. The fourth-order valence-electron chi connectivity index (χ4n) is 2.18. The van der Waals surface area contributed by atoms with Crippen molar-refractivity contribution in [3.8, 4) is 5.75 Å². The zero-order chi connectivity index (χ0) is 17.7. The smallest absolute Gasteiger partial charge is 0.265 e. The highest BCUT2D eigenvalue weighted by Crippen LogP contribution is 2.19. The van der Waals surface area contributed by atoms with Crippen LogP contribution in [0.3, 0.4) is 0 Å². The number of amides is 2. The fourth-order valence-corrected chi connectivity index (χ4v) is 2.18. The van der Waals surface area contributed by atoms with E-state index in [1.54, 1.807) is 31.2 Å². The average Bonchev–Trinajstić information content (AvgIpc) is 2.52. The predicted octanol–water partition coefficient (Wildman–Crippen LogP) is 3.67. The molecule has 2 rings (SSSR count). The number of carbonyl (C=O) groups excluding carboxylic acids is 2. The first-order valence-corrected chi connectivity index (χ1v) is 7.77. The lowest BCUT2D eigenvalue weighted by molar-refractivity contribution is -0.122. The molecule has 0 heterocycles. The van der Waals surface area contributed by atoms with Gasteiger partial charge >= 0.3 is 0 Å². The summed E-state index contributed by atoms with van der Waals surface area (Å²) in [6.45, 7) is 7.07. The van der Waals surface area contributed by atoms with Crippen molar-refractivity contribution in [3.63, 3.8) is 0 Å². The Morgan fingerprint density at radius 1 is 1.00 bits per heavy atom. The number of hydrogen-bond donors (Lipinski definition) is 2. The van der Waals surface area contributed by atoms with E-state index >= 15 is 0 Å². The number of ether oxygens (including phenoxy) is 1. The van der Waals surface area contributed by atoms with Gasteiger partial charge < -0.3 is 15.4 Å². The second kappa shape index (κ2) is 7.64. The monoisotopic (exact) mass is 326 g/mol. The molecule has 1 atom stereocenters. The summed E-state index contributed by atoms with van der Waals surface area (Å²) in [6.07, 6.45) is -0.642. The van der Waals surface area contributed by atoms with Crippen molar-refractivity contribution in [1.29, 1.82) is 0 Å². The Labute approximate surface area is 142 Å². The quantitative estimate of drug-likeness (QED) is 0.881. The van der Waals surface area contributed by atoms with Gasteiger partial charge in [-0.2, -0.15) is 0 Å². The van der Waals surface area contributed by atoms with Gasteiger partial charge in [0.1, 0.15) is 5.75 Å². The van der Waals surface area contributed by atoms with Crippen molar-refractivity contribution in [1.82, 2.24) is 0 Å². The number of rotatable bonds is 5. The third-order valence-corrected chi connectivity index (χ3v) is 3.51. The number of carbonyl (C=O) groups is 2. The molecular weight excluding hydrogens is 304 g/mol. The Morgan fingerprint density at radius 2 is 1.67 bits per heavy atom. The highest BCUT2D eigenvalue weighted by atomic mass is 16.5. The van der Waals surface area contributed by atoms with Gasteiger partial charge in [-0.25, -0.2) is 0 Å². The highest BCUT2D eigenvalue weighted by Gasteiger charge is 2.15. The molecule has 2 aromatic carbocycles. The van der Waals surface area contributed by atoms with Crippen molar-refractivity contribution < 1.29 is 14.3 Å². The molecule has 0 aliphatic carbocycles. The van der Waals surface area contributed by atoms with E-state index in [-0.39, 0.29) is 11.8 Å². The lowest BCUT2D eigenvalue weighted by atomic mass is 10.1. The Hall–Kier alpha value is -2.82. The van der Waals surface area contributed by atoms with E-state index in [4.69, 9.17) is 4.74 Å². The van der Waals surface area contributed by atoms with Crippen LogP contribution in [-0.2, 0) is 9.59 Å². The number of hydrogen-bond acceptors (Lipinski definition) is 3. The second-order valence-corrected chi connectivity index (χ2v) is 5.77. The van der Waals surface area contributed by atoms with Crippen LogP contribution in [0.1, 0.15) is 25.0 Å². The molecule has 5 nitrogen and oxygen atoms in total. The topological polar surface area (TPSA) is 67.4 Å². The van der Waals surface area contributed by atoms with Gasteiger partial charge in [0.2, 0.25) is 5.91 Å². The maximum atomic E-state index is 12.3. The van der Waals surface area contributed by atoms with Gasteiger partial charge in [-0.05, 0) is 62.2 Å². The van der Waals surface area contributed by atoms with Crippen LogP contribution in [0.15, 0.2) is 42.5 Å². The highest BCUT2D eigenvalue weighted by molar-refractivity contribution is 5.94. The van der Waals surface area contributed by atoms with E-state index in [0.717, 1.165) is 16.8 Å². The number of aryl methyl sites for hydroxylation is 2. The molecular formula is C19H22N2O3. The van der Waals surface area contributed by atoms with Crippen molar-refractivity contribution in [2.24, 2.45) is 0 Å². The molecule has 0 bridgehead atoms. The van der Waals surface area contributed by atoms with E-state index in [1.165, 1.54) is 6.92 Å². The number of benzene rings is 2. The molecule has 0 fully saturated rings. The first-order valence-electron chi connectivity index (χ1n) is 7.77. The van der Waals surface area contributed by atoms with Crippen molar-refractivity contribution in [2.75, 3.05) is 10.6 Å². The molecule has 0 radical (unpaired) electrons. The van der Waals surface area contributed by atoms with Gasteiger partial charge in [0.25, 0.3) is 5.91 Å². The Bertz CT molecular complexity index is 739. The lowest BCUT2D eigenvalue weighted by Gasteiger charge is -2.16. The van der Waals surface area contributed by atoms with Gasteiger partial charge in [0.15, 0.2) is 6.10 Å². The summed E-state index contributed by atoms with van der Waals surface area (Å²) in [7, 11) is 0. The maximum absolute atomic E-state index is 12.3. The molecule has 0 aromatic heterocycles. The van der Waals surface area contributed by atoms with Crippen LogP contribution in [0.2, 0.25) is 0 Å². The van der Waals surface area contributed by atoms with Gasteiger partial charge in [-0.1, -0.05) is 12.1 Å². The van der Waals surface area contributed by atoms with E-state index in [0.29, 0.717) is 11.4 Å². The van der Waals surface area contributed by atoms with Crippen LogP contribution in [0, 0.1) is 13.8 Å². The molecule has 5 heteroatoms. The molecule has 126 valence electrons. The Kier molecular flexibility index (Phi) is 5.58. The SMILES string of the molecule is CC(=O)Nc1ccc(O[C@H](C)C(=O)Nc2cc(C)ccc2C)cc1. The third kappa shape index (κ3) is 4.84. The molecule has 0 aliphatic rings. The fraction of sp³-hybridized carbons (Fsp3) is 0.263. The van der Waals surface area contributed by atoms with E-state index < -0.39 is 6.10 Å². The molecule has 0 spiro atoms. The summed E-state index contributed by atoms with van der Waals surface area (Å²) in [4.78, 5) is 23.3. The molecule has 24 heavy (non-hydrogen) atoms. The van der Waals surface area contributed by atoms with E-state index in [9.17, 15) is 9.59 Å². The minimum Gasteiger partial charge on any atom is -0.481 e. The number of anilines is 2. The maximum Gasteiger partial charge on any atom is 0.265 e. The summed E-state index contributed by atoms with van der Waals surface area (Å²) >= 11 is 0. The van der Waals surface area contributed by atoms with Gasteiger partial charge in [0, 0.05) is 18.3 Å². The second-order valence-electron chi connectivity index (χ2n) is 5.77. The van der Waals surface area contributed by atoms with Crippen molar-refractivity contribution in [2.45, 2.75) is 33.8 Å². The number of nitrogens with one attached hydrogen (secondary N) is 2. The van der Waals surface area contributed by atoms with Crippen LogP contribution >= 0.6 is 0 Å². The van der Waals surface area contributed by atoms with Crippen LogP contribution in [-0.4, -0.2) is 17.9 Å². The molecule has 0 aliphatic heterocycles. The molecule has 0 unspecified atom stereocenters. The molecule has 0 saturated carbocycles. The third-order valence-electron chi connectivity index (χ3n) is 3.51. The summed E-state index contributed by atoms with van der Waals surface area (Å²) in [6, 6.07) is 12.8. The van der Waals surface area contributed by atoms with Gasteiger partial charge in [0.05, 0.1) is 0 Å². The lowest BCUT2D eigenvalue weighted by Crippen LogP contribution is -2.30. The summed E-state index contributed by atoms with van der Waals surface area (Å²) in [5, 5.41) is 5.57. The summed E-state index contributed by atoms with van der Waals surface area (Å²) in [5.41, 5.74) is 3.55. The molecule has 2 N–H and O–H groups in total. The molecule has 0 saturated heterocycles. The predicted molar refractivity (Wildman–Crippen MR) is 95.4 cm³/mol. The minimum atomic E-state index is -0.642. The van der Waals surface area contributed by atoms with Crippen LogP contribution in [0.5, 0.6) is 5.75 Å².